The average molecular weight is 241 g/mol. The lowest BCUT2D eigenvalue weighted by Crippen LogP contribution is -2.38. The van der Waals surface area contributed by atoms with Crippen molar-refractivity contribution in [2.24, 2.45) is 11.3 Å². The fourth-order valence-electron chi connectivity index (χ4n) is 2.22. The molecule has 1 fully saturated rings. The summed E-state index contributed by atoms with van der Waals surface area (Å²) in [6.45, 7) is 12.3. The molecule has 0 aromatic carbocycles. The molecule has 1 rings (SSSR count). The largest absolute Gasteiger partial charge is 0.381 e. The van der Waals surface area contributed by atoms with Gasteiger partial charge in [-0.05, 0) is 44.1 Å². The van der Waals surface area contributed by atoms with Crippen molar-refractivity contribution in [1.82, 2.24) is 5.32 Å². The van der Waals surface area contributed by atoms with Crippen molar-refractivity contribution in [3.63, 3.8) is 0 Å². The van der Waals surface area contributed by atoms with Crippen LogP contribution in [0.1, 0.15) is 59.8 Å². The molecule has 0 radical (unpaired) electrons. The zero-order chi connectivity index (χ0) is 12.7. The molecule has 1 N–H and O–H groups in total. The maximum absolute atomic E-state index is 5.38. The summed E-state index contributed by atoms with van der Waals surface area (Å²) in [5.74, 6) is 0.934. The van der Waals surface area contributed by atoms with Gasteiger partial charge in [0.15, 0.2) is 0 Å². The predicted molar refractivity (Wildman–Crippen MR) is 74.3 cm³/mol. The van der Waals surface area contributed by atoms with Gasteiger partial charge < -0.3 is 10.1 Å². The Balaban J connectivity index is 1.97. The standard InChI is InChI=1S/C15H31NO/c1-13(15(2,3)4)16-10-6-5-7-14-8-11-17-12-9-14/h13-14,16H,5-12H2,1-4H3. The number of ether oxygens (including phenoxy) is 1. The summed E-state index contributed by atoms with van der Waals surface area (Å²) in [6, 6.07) is 0.602. The van der Waals surface area contributed by atoms with E-state index in [2.05, 4.69) is 33.0 Å². The second-order valence-corrected chi connectivity index (χ2v) is 6.59. The van der Waals surface area contributed by atoms with Crippen LogP contribution in [0.15, 0.2) is 0 Å². The Morgan fingerprint density at radius 3 is 2.41 bits per heavy atom. The van der Waals surface area contributed by atoms with Crippen LogP contribution < -0.4 is 5.32 Å². The average Bonchev–Trinajstić information content (AvgIpc) is 2.28. The molecule has 2 nitrogen and oxygen atoms in total. The van der Waals surface area contributed by atoms with E-state index in [1.54, 1.807) is 0 Å². The Morgan fingerprint density at radius 2 is 1.82 bits per heavy atom. The summed E-state index contributed by atoms with van der Waals surface area (Å²) in [4.78, 5) is 0. The molecule has 0 spiro atoms. The highest BCUT2D eigenvalue weighted by atomic mass is 16.5. The maximum Gasteiger partial charge on any atom is 0.0468 e. The van der Waals surface area contributed by atoms with Crippen molar-refractivity contribution < 1.29 is 4.74 Å². The van der Waals surface area contributed by atoms with E-state index in [4.69, 9.17) is 4.74 Å². The van der Waals surface area contributed by atoms with E-state index < -0.39 is 0 Å². The van der Waals surface area contributed by atoms with Gasteiger partial charge >= 0.3 is 0 Å². The van der Waals surface area contributed by atoms with E-state index in [0.29, 0.717) is 11.5 Å². The third-order valence-electron chi connectivity index (χ3n) is 4.13. The fourth-order valence-corrected chi connectivity index (χ4v) is 2.22. The summed E-state index contributed by atoms with van der Waals surface area (Å²) < 4.78 is 5.38. The molecule has 1 aliphatic rings. The Kier molecular flexibility index (Phi) is 6.50. The van der Waals surface area contributed by atoms with Crippen molar-refractivity contribution in [3.05, 3.63) is 0 Å². The van der Waals surface area contributed by atoms with Crippen LogP contribution in [0.25, 0.3) is 0 Å². The highest BCUT2D eigenvalue weighted by Gasteiger charge is 2.18. The zero-order valence-electron chi connectivity index (χ0n) is 12.2. The van der Waals surface area contributed by atoms with Gasteiger partial charge in [-0.1, -0.05) is 33.6 Å². The van der Waals surface area contributed by atoms with Crippen LogP contribution >= 0.6 is 0 Å². The summed E-state index contributed by atoms with van der Waals surface area (Å²) in [7, 11) is 0. The molecule has 0 aromatic heterocycles. The van der Waals surface area contributed by atoms with E-state index in [1.165, 1.54) is 38.6 Å². The van der Waals surface area contributed by atoms with Gasteiger partial charge in [0.1, 0.15) is 0 Å². The molecule has 1 heterocycles. The first kappa shape index (κ1) is 15.0. The first-order chi connectivity index (χ1) is 8.00. The van der Waals surface area contributed by atoms with Crippen LogP contribution in [0.3, 0.4) is 0 Å². The first-order valence-electron chi connectivity index (χ1n) is 7.31. The monoisotopic (exact) mass is 241 g/mol. The van der Waals surface area contributed by atoms with Gasteiger partial charge in [-0.15, -0.1) is 0 Å². The van der Waals surface area contributed by atoms with E-state index >= 15 is 0 Å². The number of rotatable bonds is 6. The van der Waals surface area contributed by atoms with Crippen molar-refractivity contribution in [2.45, 2.75) is 65.8 Å². The Morgan fingerprint density at radius 1 is 1.18 bits per heavy atom. The predicted octanol–water partition coefficient (Wildman–Crippen LogP) is 3.61. The van der Waals surface area contributed by atoms with Gasteiger partial charge in [0.2, 0.25) is 0 Å². The smallest absolute Gasteiger partial charge is 0.0468 e. The summed E-state index contributed by atoms with van der Waals surface area (Å²) in [6.07, 6.45) is 6.65. The minimum absolute atomic E-state index is 0.376. The lowest BCUT2D eigenvalue weighted by atomic mass is 9.88. The molecule has 0 bridgehead atoms. The highest BCUT2D eigenvalue weighted by Crippen LogP contribution is 2.21. The van der Waals surface area contributed by atoms with Gasteiger partial charge in [-0.2, -0.15) is 0 Å². The summed E-state index contributed by atoms with van der Waals surface area (Å²) >= 11 is 0. The van der Waals surface area contributed by atoms with Crippen LogP contribution in [0, 0.1) is 11.3 Å². The first-order valence-corrected chi connectivity index (χ1v) is 7.31. The summed E-state index contributed by atoms with van der Waals surface area (Å²) in [5.41, 5.74) is 0.376. The van der Waals surface area contributed by atoms with Crippen LogP contribution in [-0.4, -0.2) is 25.8 Å². The van der Waals surface area contributed by atoms with Gasteiger partial charge in [0, 0.05) is 19.3 Å². The van der Waals surface area contributed by atoms with Crippen LogP contribution in [0.2, 0.25) is 0 Å². The van der Waals surface area contributed by atoms with Crippen molar-refractivity contribution in [1.29, 1.82) is 0 Å². The molecular weight excluding hydrogens is 210 g/mol. The van der Waals surface area contributed by atoms with E-state index in [0.717, 1.165) is 19.1 Å². The van der Waals surface area contributed by atoms with Crippen molar-refractivity contribution >= 4 is 0 Å². The van der Waals surface area contributed by atoms with E-state index in [9.17, 15) is 0 Å². The lowest BCUT2D eigenvalue weighted by Gasteiger charge is -2.28. The van der Waals surface area contributed by atoms with Crippen LogP contribution in [0.4, 0.5) is 0 Å². The van der Waals surface area contributed by atoms with Gasteiger partial charge in [0.05, 0.1) is 0 Å². The number of hydrogen-bond donors (Lipinski definition) is 1. The fraction of sp³-hybridized carbons (Fsp3) is 1.00. The molecule has 0 aliphatic carbocycles. The second-order valence-electron chi connectivity index (χ2n) is 6.59. The van der Waals surface area contributed by atoms with Crippen molar-refractivity contribution in [2.75, 3.05) is 19.8 Å². The van der Waals surface area contributed by atoms with E-state index in [-0.39, 0.29) is 0 Å². The Hall–Kier alpha value is -0.0800. The lowest BCUT2D eigenvalue weighted by molar-refractivity contribution is 0.0631. The summed E-state index contributed by atoms with van der Waals surface area (Å²) in [5, 5.41) is 3.64. The van der Waals surface area contributed by atoms with Gasteiger partial charge in [0.25, 0.3) is 0 Å². The van der Waals surface area contributed by atoms with Crippen LogP contribution in [-0.2, 0) is 4.74 Å². The molecule has 1 saturated heterocycles. The molecule has 102 valence electrons. The number of unbranched alkanes of at least 4 members (excludes halogenated alkanes) is 1. The molecule has 0 amide bonds. The third kappa shape index (κ3) is 6.42. The van der Waals surface area contributed by atoms with Gasteiger partial charge in [-0.3, -0.25) is 0 Å². The molecule has 2 heteroatoms. The highest BCUT2D eigenvalue weighted by molar-refractivity contribution is 4.75. The minimum atomic E-state index is 0.376. The molecule has 1 atom stereocenters. The third-order valence-corrected chi connectivity index (χ3v) is 4.13. The topological polar surface area (TPSA) is 21.3 Å². The molecule has 1 aliphatic heterocycles. The minimum Gasteiger partial charge on any atom is -0.381 e. The molecule has 1 unspecified atom stereocenters. The second kappa shape index (κ2) is 7.38. The quantitative estimate of drug-likeness (QED) is 0.717. The zero-order valence-corrected chi connectivity index (χ0v) is 12.2. The number of nitrogens with one attached hydrogen (secondary N) is 1. The maximum atomic E-state index is 5.38. The molecular formula is C15H31NO. The molecule has 0 saturated carbocycles. The van der Waals surface area contributed by atoms with E-state index in [1.807, 2.05) is 0 Å². The Labute approximate surface area is 108 Å². The molecule has 0 aromatic rings. The number of hydrogen-bond acceptors (Lipinski definition) is 2. The Bertz CT molecular complexity index is 192. The normalized spacial score (nSPS) is 20.5. The van der Waals surface area contributed by atoms with Crippen molar-refractivity contribution in [3.8, 4) is 0 Å². The molecule has 17 heavy (non-hydrogen) atoms. The van der Waals surface area contributed by atoms with Crippen LogP contribution in [0.5, 0.6) is 0 Å². The van der Waals surface area contributed by atoms with Gasteiger partial charge in [-0.25, -0.2) is 0 Å². The SMILES string of the molecule is CC(NCCCCC1CCOCC1)C(C)(C)C.